The molecule has 0 radical (unpaired) electrons. The van der Waals surface area contributed by atoms with Gasteiger partial charge in [-0.3, -0.25) is 0 Å². The molecule has 1 atom stereocenters. The molecule has 214 valence electrons. The molecule has 4 heterocycles. The van der Waals surface area contributed by atoms with Crippen molar-refractivity contribution in [2.45, 2.75) is 26.0 Å². The van der Waals surface area contributed by atoms with Crippen molar-refractivity contribution < 1.29 is 27.4 Å². The summed E-state index contributed by atoms with van der Waals surface area (Å²) in [6.07, 6.45) is -0.505. The summed E-state index contributed by atoms with van der Waals surface area (Å²) < 4.78 is 57.3. The van der Waals surface area contributed by atoms with Gasteiger partial charge >= 0.3 is 6.09 Å². The number of ether oxygens (including phenoxy) is 2. The number of fused-ring (bicyclic) bond motifs is 2. The Balaban J connectivity index is 1.13. The molecule has 0 spiro atoms. The number of aryl methyl sites for hydroxylation is 1. The molecule has 2 aliphatic rings. The van der Waals surface area contributed by atoms with Gasteiger partial charge < -0.3 is 30.3 Å². The Morgan fingerprint density at radius 2 is 1.85 bits per heavy atom. The lowest BCUT2D eigenvalue weighted by atomic mass is 10.00. The van der Waals surface area contributed by atoms with Crippen LogP contribution in [-0.4, -0.2) is 54.8 Å². The van der Waals surface area contributed by atoms with Gasteiger partial charge in [-0.25, -0.2) is 22.9 Å². The van der Waals surface area contributed by atoms with Gasteiger partial charge in [-0.15, -0.1) is 0 Å². The van der Waals surface area contributed by atoms with Crippen LogP contribution in [0, 0.1) is 24.4 Å². The Kier molecular flexibility index (Phi) is 7.24. The normalized spacial score (nSPS) is 16.8. The van der Waals surface area contributed by atoms with Crippen LogP contribution in [0.4, 0.5) is 34.3 Å². The third kappa shape index (κ3) is 5.19. The highest BCUT2D eigenvalue weighted by atomic mass is 32.1. The topological polar surface area (TPSA) is 93.0 Å². The largest absolute Gasteiger partial charge is 0.488 e. The molecule has 2 aromatic heterocycles. The van der Waals surface area contributed by atoms with Crippen molar-refractivity contribution >= 4 is 44.0 Å². The smallest absolute Gasteiger partial charge is 0.410 e. The van der Waals surface area contributed by atoms with E-state index in [1.165, 1.54) is 21.1 Å². The maximum atomic E-state index is 15.6. The summed E-state index contributed by atoms with van der Waals surface area (Å²) in [5.74, 6) is -3.65. The Morgan fingerprint density at radius 3 is 2.61 bits per heavy atom. The predicted octanol–water partition coefficient (Wildman–Crippen LogP) is 5.48. The van der Waals surface area contributed by atoms with Gasteiger partial charge in [-0.2, -0.15) is 0 Å². The zero-order valence-electron chi connectivity index (χ0n) is 22.3. The molecule has 41 heavy (non-hydrogen) atoms. The Labute approximate surface area is 238 Å². The van der Waals surface area contributed by atoms with Crippen LogP contribution in [0.15, 0.2) is 42.5 Å². The summed E-state index contributed by atoms with van der Waals surface area (Å²) in [4.78, 5) is 20.6. The second kappa shape index (κ2) is 11.0. The molecule has 6 rings (SSSR count). The number of thiophene rings is 1. The fraction of sp³-hybridized carbons (Fsp3) is 0.310. The molecule has 0 bridgehead atoms. The van der Waals surface area contributed by atoms with Crippen LogP contribution in [0.25, 0.3) is 10.2 Å². The number of nitrogen functional groups attached to an aromatic ring is 1. The first-order chi connectivity index (χ1) is 19.8. The number of pyridine rings is 1. The highest BCUT2D eigenvalue weighted by Crippen LogP contribution is 2.42. The molecule has 0 aliphatic carbocycles. The number of aromatic nitrogens is 1. The SMILES string of the molecule is Cc1ccc2c(N)c(N[C@H]3COc4c(F)c(N5CCN(C(=O)OCc6ccccc6)CC5)c(F)c(F)c4C3)sc2n1. The van der Waals surface area contributed by atoms with E-state index in [0.29, 0.717) is 10.7 Å². The molecule has 1 saturated heterocycles. The second-order valence-corrected chi connectivity index (χ2v) is 11.1. The summed E-state index contributed by atoms with van der Waals surface area (Å²) >= 11 is 1.36. The number of benzene rings is 2. The van der Waals surface area contributed by atoms with Gasteiger partial charge in [-0.1, -0.05) is 41.7 Å². The fourth-order valence-electron chi connectivity index (χ4n) is 5.17. The summed E-state index contributed by atoms with van der Waals surface area (Å²) in [7, 11) is 0. The molecular weight excluding hydrogens is 555 g/mol. The lowest BCUT2D eigenvalue weighted by molar-refractivity contribution is 0.0940. The van der Waals surface area contributed by atoms with Gasteiger partial charge in [0.05, 0.1) is 11.7 Å². The van der Waals surface area contributed by atoms with Crippen LogP contribution in [0.2, 0.25) is 0 Å². The summed E-state index contributed by atoms with van der Waals surface area (Å²) in [5.41, 5.74) is 7.86. The minimum Gasteiger partial charge on any atom is -0.488 e. The van der Waals surface area contributed by atoms with Gasteiger partial charge in [0.2, 0.25) is 0 Å². The maximum Gasteiger partial charge on any atom is 0.410 e. The predicted molar refractivity (Wildman–Crippen MR) is 152 cm³/mol. The Morgan fingerprint density at radius 1 is 1.10 bits per heavy atom. The molecule has 2 aromatic carbocycles. The molecule has 0 saturated carbocycles. The lowest BCUT2D eigenvalue weighted by Gasteiger charge is -2.36. The zero-order chi connectivity index (χ0) is 28.7. The van der Waals surface area contributed by atoms with E-state index in [-0.39, 0.29) is 57.1 Å². The van der Waals surface area contributed by atoms with Crippen molar-refractivity contribution in [2.24, 2.45) is 0 Å². The van der Waals surface area contributed by atoms with Crippen molar-refractivity contribution in [3.8, 4) is 5.75 Å². The van der Waals surface area contributed by atoms with Crippen LogP contribution < -0.4 is 20.7 Å². The van der Waals surface area contributed by atoms with Crippen LogP contribution >= 0.6 is 11.3 Å². The molecule has 0 unspecified atom stereocenters. The van der Waals surface area contributed by atoms with Gasteiger partial charge in [0, 0.05) is 49.2 Å². The first-order valence-corrected chi connectivity index (χ1v) is 14.1. The molecule has 2 aliphatic heterocycles. The van der Waals surface area contributed by atoms with E-state index >= 15 is 13.2 Å². The average Bonchev–Trinajstić information content (AvgIpc) is 3.29. The number of carbonyl (C=O) groups excluding carboxylic acids is 1. The van der Waals surface area contributed by atoms with Gasteiger partial charge in [0.25, 0.3) is 0 Å². The number of rotatable bonds is 5. The van der Waals surface area contributed by atoms with Crippen molar-refractivity contribution in [3.63, 3.8) is 0 Å². The number of amides is 1. The average molecular weight is 584 g/mol. The molecule has 4 aromatic rings. The third-order valence-electron chi connectivity index (χ3n) is 7.35. The number of nitrogens with one attached hydrogen (secondary N) is 1. The zero-order valence-corrected chi connectivity index (χ0v) is 23.1. The number of nitrogens with zero attached hydrogens (tertiary/aromatic N) is 3. The standard InChI is InChI=1S/C29H28F3N5O3S/c1-16-7-8-19-24(33)28(41-27(19)34-16)35-18-13-20-21(30)22(31)25(23(32)26(20)39-15-18)36-9-11-37(12-10-36)29(38)40-14-17-5-3-2-4-6-17/h2-8,18,35H,9-15,33H2,1H3/t18-/m1/s1. The molecule has 8 nitrogen and oxygen atoms in total. The lowest BCUT2D eigenvalue weighted by Crippen LogP contribution is -2.49. The van der Waals surface area contributed by atoms with E-state index in [1.54, 1.807) is 0 Å². The molecule has 3 N–H and O–H groups in total. The Bertz CT molecular complexity index is 1610. The van der Waals surface area contributed by atoms with Crippen LogP contribution in [0.3, 0.4) is 0 Å². The van der Waals surface area contributed by atoms with Gasteiger partial charge in [-0.05, 0) is 24.6 Å². The van der Waals surface area contributed by atoms with Crippen molar-refractivity contribution in [1.82, 2.24) is 9.88 Å². The third-order valence-corrected chi connectivity index (χ3v) is 8.40. The number of anilines is 3. The van der Waals surface area contributed by atoms with E-state index in [0.717, 1.165) is 21.5 Å². The summed E-state index contributed by atoms with van der Waals surface area (Å²) in [6.45, 7) is 2.60. The monoisotopic (exact) mass is 583 g/mol. The highest BCUT2D eigenvalue weighted by molar-refractivity contribution is 7.23. The summed E-state index contributed by atoms with van der Waals surface area (Å²) in [5, 5.41) is 4.69. The van der Waals surface area contributed by atoms with Crippen LogP contribution in [0.5, 0.6) is 5.75 Å². The minimum absolute atomic E-state index is 0.0104. The fourth-order valence-corrected chi connectivity index (χ4v) is 6.29. The van der Waals surface area contributed by atoms with E-state index < -0.39 is 35.3 Å². The number of carbonyl (C=O) groups is 1. The van der Waals surface area contributed by atoms with E-state index in [1.807, 2.05) is 49.4 Å². The van der Waals surface area contributed by atoms with E-state index in [9.17, 15) is 4.79 Å². The highest BCUT2D eigenvalue weighted by Gasteiger charge is 2.35. The van der Waals surface area contributed by atoms with Crippen molar-refractivity contribution in [3.05, 3.63) is 76.7 Å². The Hall–Kier alpha value is -4.19. The van der Waals surface area contributed by atoms with Gasteiger partial charge in [0.15, 0.2) is 23.2 Å². The quantitative estimate of drug-likeness (QED) is 0.301. The number of hydrogen-bond donors (Lipinski definition) is 2. The molecule has 12 heteroatoms. The molecule has 1 fully saturated rings. The number of nitrogens with two attached hydrogens (primary N) is 1. The first-order valence-electron chi connectivity index (χ1n) is 13.2. The number of hydrogen-bond acceptors (Lipinski definition) is 8. The molecular formula is C29H28F3N5O3S. The second-order valence-electron chi connectivity index (χ2n) is 10.1. The van der Waals surface area contributed by atoms with Crippen LogP contribution in [0.1, 0.15) is 16.8 Å². The van der Waals surface area contributed by atoms with Gasteiger partial charge in [0.1, 0.15) is 28.7 Å². The van der Waals surface area contributed by atoms with Crippen LogP contribution in [-0.2, 0) is 17.8 Å². The molecule has 1 amide bonds. The summed E-state index contributed by atoms with van der Waals surface area (Å²) in [6, 6.07) is 12.6. The van der Waals surface area contributed by atoms with E-state index in [4.69, 9.17) is 15.2 Å². The first kappa shape index (κ1) is 27.0. The van der Waals surface area contributed by atoms with Crippen molar-refractivity contribution in [2.75, 3.05) is 48.7 Å². The van der Waals surface area contributed by atoms with Crippen molar-refractivity contribution in [1.29, 1.82) is 0 Å². The maximum absolute atomic E-state index is 15.6. The number of piperazine rings is 1. The number of halogens is 3. The minimum atomic E-state index is -1.27. The van der Waals surface area contributed by atoms with E-state index in [2.05, 4.69) is 10.3 Å².